The number of hydrogen-bond donors (Lipinski definition) is 0. The summed E-state index contributed by atoms with van der Waals surface area (Å²) in [6.07, 6.45) is 2.01. The van der Waals surface area contributed by atoms with Crippen LogP contribution >= 0.6 is 0 Å². The van der Waals surface area contributed by atoms with Crippen molar-refractivity contribution in [3.8, 4) is 0 Å². The van der Waals surface area contributed by atoms with Crippen LogP contribution < -0.4 is 0 Å². The molecule has 110 valence electrons. The first-order chi connectivity index (χ1) is 9.34. The molecule has 0 spiro atoms. The zero-order valence-electron chi connectivity index (χ0n) is 11.0. The van der Waals surface area contributed by atoms with Gasteiger partial charge in [0.15, 0.2) is 0 Å². The summed E-state index contributed by atoms with van der Waals surface area (Å²) >= 11 is 0. The number of hydrogen-bond acceptors (Lipinski definition) is 4. The monoisotopic (exact) mass is 302 g/mol. The van der Waals surface area contributed by atoms with Crippen molar-refractivity contribution in [2.75, 3.05) is 13.1 Å². The Morgan fingerprint density at radius 3 is 2.60 bits per heavy atom. The fourth-order valence-corrected chi connectivity index (χ4v) is 3.16. The number of halogens is 1. The third-order valence-electron chi connectivity index (χ3n) is 2.56. The average molecular weight is 302 g/mol. The van der Waals surface area contributed by atoms with Crippen molar-refractivity contribution in [3.05, 3.63) is 46.8 Å². The van der Waals surface area contributed by atoms with Gasteiger partial charge in [0.2, 0.25) is 15.8 Å². The molecule has 0 aliphatic rings. The highest BCUT2D eigenvalue weighted by Crippen LogP contribution is 2.23. The summed E-state index contributed by atoms with van der Waals surface area (Å²) in [5.74, 6) is -1.17. The van der Waals surface area contributed by atoms with Crippen LogP contribution in [0.15, 0.2) is 35.7 Å². The number of nitro groups is 1. The average Bonchev–Trinajstić information content (AvgIpc) is 2.37. The normalized spacial score (nSPS) is 11.6. The van der Waals surface area contributed by atoms with Gasteiger partial charge in [0.05, 0.1) is 9.82 Å². The van der Waals surface area contributed by atoms with Gasteiger partial charge in [-0.15, -0.1) is 6.58 Å². The Bertz CT molecular complexity index is 616. The minimum absolute atomic E-state index is 0.0920. The van der Waals surface area contributed by atoms with E-state index in [4.69, 9.17) is 0 Å². The van der Waals surface area contributed by atoms with Gasteiger partial charge in [-0.1, -0.05) is 13.0 Å². The van der Waals surface area contributed by atoms with Gasteiger partial charge in [0.1, 0.15) is 0 Å². The predicted molar refractivity (Wildman–Crippen MR) is 72.3 cm³/mol. The molecule has 0 radical (unpaired) electrons. The Morgan fingerprint density at radius 1 is 1.50 bits per heavy atom. The van der Waals surface area contributed by atoms with E-state index in [2.05, 4.69) is 6.58 Å². The summed E-state index contributed by atoms with van der Waals surface area (Å²) in [4.78, 5) is 9.30. The van der Waals surface area contributed by atoms with Crippen LogP contribution in [-0.4, -0.2) is 30.7 Å². The molecular formula is C12H15FN2O4S. The lowest BCUT2D eigenvalue weighted by Gasteiger charge is -2.19. The molecule has 6 nitrogen and oxygen atoms in total. The lowest BCUT2D eigenvalue weighted by Crippen LogP contribution is -2.32. The second kappa shape index (κ2) is 6.58. The summed E-state index contributed by atoms with van der Waals surface area (Å²) in [5, 5.41) is 10.5. The van der Waals surface area contributed by atoms with Crippen molar-refractivity contribution in [3.63, 3.8) is 0 Å². The minimum atomic E-state index is -3.89. The largest absolute Gasteiger partial charge is 0.304 e. The molecule has 0 aliphatic heterocycles. The highest BCUT2D eigenvalue weighted by atomic mass is 32.2. The van der Waals surface area contributed by atoms with Gasteiger partial charge in [-0.3, -0.25) is 10.1 Å². The Morgan fingerprint density at radius 2 is 2.15 bits per heavy atom. The number of sulfonamides is 1. The van der Waals surface area contributed by atoms with Crippen LogP contribution in [0.1, 0.15) is 13.3 Å². The van der Waals surface area contributed by atoms with Crippen LogP contribution in [0.2, 0.25) is 0 Å². The third-order valence-corrected chi connectivity index (χ3v) is 4.42. The Balaban J connectivity index is 3.24. The Hall–Kier alpha value is -1.80. The van der Waals surface area contributed by atoms with E-state index in [9.17, 15) is 22.9 Å². The van der Waals surface area contributed by atoms with Crippen LogP contribution in [-0.2, 0) is 10.0 Å². The molecule has 0 amide bonds. The fourth-order valence-electron chi connectivity index (χ4n) is 1.65. The van der Waals surface area contributed by atoms with Crippen molar-refractivity contribution < 1.29 is 17.7 Å². The molecule has 0 aliphatic carbocycles. The highest BCUT2D eigenvalue weighted by molar-refractivity contribution is 7.89. The zero-order valence-corrected chi connectivity index (χ0v) is 11.8. The highest BCUT2D eigenvalue weighted by Gasteiger charge is 2.25. The van der Waals surface area contributed by atoms with Crippen LogP contribution in [0.25, 0.3) is 0 Å². The SMILES string of the molecule is C=CCN(CCC)S(=O)(=O)c1ccc([N+](=O)[O-])c(F)c1. The molecule has 1 rings (SSSR count). The molecule has 0 saturated heterocycles. The third kappa shape index (κ3) is 3.40. The van der Waals surface area contributed by atoms with E-state index < -0.39 is 26.5 Å². The van der Waals surface area contributed by atoms with Crippen LogP contribution in [0, 0.1) is 15.9 Å². The molecule has 0 N–H and O–H groups in total. The van der Waals surface area contributed by atoms with E-state index in [1.165, 1.54) is 6.08 Å². The maximum Gasteiger partial charge on any atom is 0.304 e. The lowest BCUT2D eigenvalue weighted by molar-refractivity contribution is -0.387. The van der Waals surface area contributed by atoms with Crippen molar-refractivity contribution in [2.45, 2.75) is 18.2 Å². The first-order valence-corrected chi connectivity index (χ1v) is 7.33. The molecule has 0 saturated carbocycles. The van der Waals surface area contributed by atoms with E-state index in [1.54, 1.807) is 0 Å². The van der Waals surface area contributed by atoms with Crippen LogP contribution in [0.5, 0.6) is 0 Å². The van der Waals surface area contributed by atoms with E-state index in [0.717, 1.165) is 16.4 Å². The molecule has 1 aromatic carbocycles. The summed E-state index contributed by atoms with van der Waals surface area (Å²) in [7, 11) is -3.89. The number of rotatable bonds is 7. The minimum Gasteiger partial charge on any atom is -0.258 e. The van der Waals surface area contributed by atoms with Crippen molar-refractivity contribution in [1.82, 2.24) is 4.31 Å². The summed E-state index contributed by atoms with van der Waals surface area (Å²) in [5.41, 5.74) is -0.755. The number of nitrogens with zero attached hydrogens (tertiary/aromatic N) is 2. The standard InChI is InChI=1S/C12H15FN2O4S/c1-3-7-14(8-4-2)20(18,19)10-5-6-12(15(16)17)11(13)9-10/h3,5-6,9H,1,4,7-8H2,2H3. The van der Waals surface area contributed by atoms with Crippen molar-refractivity contribution in [2.24, 2.45) is 0 Å². The second-order valence-electron chi connectivity index (χ2n) is 4.02. The van der Waals surface area contributed by atoms with Gasteiger partial charge in [0.25, 0.3) is 0 Å². The summed E-state index contributed by atoms with van der Waals surface area (Å²) in [6.45, 7) is 5.63. The van der Waals surface area contributed by atoms with E-state index >= 15 is 0 Å². The molecule has 20 heavy (non-hydrogen) atoms. The Kier molecular flexibility index (Phi) is 5.34. The van der Waals surface area contributed by atoms with Gasteiger partial charge in [-0.2, -0.15) is 8.70 Å². The van der Waals surface area contributed by atoms with Gasteiger partial charge in [-0.25, -0.2) is 8.42 Å². The molecule has 0 fully saturated rings. The molecule has 0 bridgehead atoms. The molecule has 8 heteroatoms. The van der Waals surface area contributed by atoms with Gasteiger partial charge < -0.3 is 0 Å². The second-order valence-corrected chi connectivity index (χ2v) is 5.96. The molecular weight excluding hydrogens is 287 g/mol. The lowest BCUT2D eigenvalue weighted by atomic mass is 10.3. The van der Waals surface area contributed by atoms with Gasteiger partial charge >= 0.3 is 5.69 Å². The Labute approximate surface area is 116 Å². The molecule has 0 unspecified atom stereocenters. The van der Waals surface area contributed by atoms with E-state index in [0.29, 0.717) is 12.5 Å². The summed E-state index contributed by atoms with van der Waals surface area (Å²) in [6, 6.07) is 2.54. The van der Waals surface area contributed by atoms with Crippen molar-refractivity contribution in [1.29, 1.82) is 0 Å². The topological polar surface area (TPSA) is 80.5 Å². The first-order valence-electron chi connectivity index (χ1n) is 5.89. The quantitative estimate of drug-likeness (QED) is 0.440. The predicted octanol–water partition coefficient (Wildman–Crippen LogP) is 2.32. The maximum absolute atomic E-state index is 13.5. The van der Waals surface area contributed by atoms with Gasteiger partial charge in [-0.05, 0) is 12.5 Å². The molecule has 0 aromatic heterocycles. The molecule has 1 aromatic rings. The van der Waals surface area contributed by atoms with Crippen LogP contribution in [0.3, 0.4) is 0 Å². The van der Waals surface area contributed by atoms with E-state index in [-0.39, 0.29) is 18.0 Å². The number of benzene rings is 1. The first kappa shape index (κ1) is 16.3. The van der Waals surface area contributed by atoms with Crippen molar-refractivity contribution >= 4 is 15.7 Å². The summed E-state index contributed by atoms with van der Waals surface area (Å²) < 4.78 is 39.2. The smallest absolute Gasteiger partial charge is 0.258 e. The zero-order chi connectivity index (χ0) is 15.3. The molecule has 0 heterocycles. The van der Waals surface area contributed by atoms with Crippen LogP contribution in [0.4, 0.5) is 10.1 Å². The van der Waals surface area contributed by atoms with Gasteiger partial charge in [0, 0.05) is 25.2 Å². The maximum atomic E-state index is 13.5. The van der Waals surface area contributed by atoms with E-state index in [1.807, 2.05) is 6.92 Å². The molecule has 0 atom stereocenters. The number of nitro benzene ring substituents is 1. The fraction of sp³-hybridized carbons (Fsp3) is 0.333.